The molecule has 6 heteroatoms. The molecule has 21 heavy (non-hydrogen) atoms. The highest BCUT2D eigenvalue weighted by Crippen LogP contribution is 2.33. The lowest BCUT2D eigenvalue weighted by atomic mass is 10.2. The van der Waals surface area contributed by atoms with Crippen LogP contribution in [0.3, 0.4) is 0 Å². The molecule has 0 spiro atoms. The Balaban J connectivity index is 1.96. The second kappa shape index (κ2) is 5.16. The number of thiazole rings is 1. The van der Waals surface area contributed by atoms with Crippen molar-refractivity contribution in [3.05, 3.63) is 50.6 Å². The van der Waals surface area contributed by atoms with Crippen LogP contribution < -0.4 is 4.90 Å². The van der Waals surface area contributed by atoms with Crippen LogP contribution in [0.5, 0.6) is 0 Å². The molecule has 0 fully saturated rings. The summed E-state index contributed by atoms with van der Waals surface area (Å²) < 4.78 is 0. The molecule has 0 unspecified atom stereocenters. The molecule has 0 bridgehead atoms. The van der Waals surface area contributed by atoms with Crippen LogP contribution in [0.1, 0.15) is 16.3 Å². The van der Waals surface area contributed by atoms with E-state index in [4.69, 9.17) is 17.0 Å². The minimum absolute atomic E-state index is 0.172. The molecule has 4 nitrogen and oxygen atoms in total. The van der Waals surface area contributed by atoms with E-state index < -0.39 is 0 Å². The summed E-state index contributed by atoms with van der Waals surface area (Å²) >= 11 is 7.58. The SMILES string of the molecule is Cc1csc(C2=C(O)CN(c3ccc(C)c(Cl)c3)C2=N)n1. The Morgan fingerprint density at radius 3 is 2.76 bits per heavy atom. The Morgan fingerprint density at radius 2 is 2.14 bits per heavy atom. The predicted molar refractivity (Wildman–Crippen MR) is 87.7 cm³/mol. The summed E-state index contributed by atoms with van der Waals surface area (Å²) in [5, 5.41) is 21.8. The van der Waals surface area contributed by atoms with Gasteiger partial charge in [-0.1, -0.05) is 17.7 Å². The van der Waals surface area contributed by atoms with Gasteiger partial charge >= 0.3 is 0 Å². The van der Waals surface area contributed by atoms with Crippen LogP contribution in [0.2, 0.25) is 5.02 Å². The highest BCUT2D eigenvalue weighted by molar-refractivity contribution is 7.11. The van der Waals surface area contributed by atoms with Gasteiger partial charge in [-0.05, 0) is 31.5 Å². The third kappa shape index (κ3) is 2.43. The molecule has 108 valence electrons. The molecule has 0 amide bonds. The smallest absolute Gasteiger partial charge is 0.139 e. The molecule has 1 aromatic heterocycles. The molecule has 2 aromatic rings. The van der Waals surface area contributed by atoms with Gasteiger partial charge in [0.2, 0.25) is 0 Å². The van der Waals surface area contributed by atoms with Gasteiger partial charge in [-0.25, -0.2) is 4.98 Å². The lowest BCUT2D eigenvalue weighted by Crippen LogP contribution is -2.26. The second-order valence-electron chi connectivity index (χ2n) is 4.98. The van der Waals surface area contributed by atoms with Gasteiger partial charge in [-0.3, -0.25) is 5.41 Å². The number of anilines is 1. The number of nitrogens with one attached hydrogen (secondary N) is 1. The third-order valence-electron chi connectivity index (χ3n) is 3.40. The van der Waals surface area contributed by atoms with E-state index in [1.165, 1.54) is 11.3 Å². The zero-order valence-electron chi connectivity index (χ0n) is 11.6. The highest BCUT2D eigenvalue weighted by Gasteiger charge is 2.31. The van der Waals surface area contributed by atoms with Crippen molar-refractivity contribution >= 4 is 40.0 Å². The zero-order valence-corrected chi connectivity index (χ0v) is 13.2. The van der Waals surface area contributed by atoms with Crippen molar-refractivity contribution in [2.75, 3.05) is 11.4 Å². The summed E-state index contributed by atoms with van der Waals surface area (Å²) in [6, 6.07) is 5.63. The van der Waals surface area contributed by atoms with E-state index in [0.717, 1.165) is 16.9 Å². The average molecular weight is 320 g/mol. The number of aliphatic hydroxyl groups excluding tert-OH is 1. The summed E-state index contributed by atoms with van der Waals surface area (Å²) in [6.07, 6.45) is 0. The summed E-state index contributed by atoms with van der Waals surface area (Å²) in [5.74, 6) is 0.424. The molecule has 2 N–H and O–H groups in total. The fourth-order valence-corrected chi connectivity index (χ4v) is 3.28. The second-order valence-corrected chi connectivity index (χ2v) is 6.25. The number of aromatic nitrogens is 1. The van der Waals surface area contributed by atoms with Crippen molar-refractivity contribution in [1.29, 1.82) is 5.41 Å². The largest absolute Gasteiger partial charge is 0.510 e. The number of amidine groups is 1. The summed E-state index contributed by atoms with van der Waals surface area (Å²) in [7, 11) is 0. The van der Waals surface area contributed by atoms with Crippen LogP contribution in [0, 0.1) is 19.3 Å². The number of hydrogen-bond donors (Lipinski definition) is 2. The molecule has 2 heterocycles. The minimum Gasteiger partial charge on any atom is -0.510 e. The summed E-state index contributed by atoms with van der Waals surface area (Å²) in [6.45, 7) is 4.10. The number of rotatable bonds is 2. The van der Waals surface area contributed by atoms with Gasteiger partial charge in [0.15, 0.2) is 0 Å². The lowest BCUT2D eigenvalue weighted by molar-refractivity contribution is 0.411. The van der Waals surface area contributed by atoms with Gasteiger partial charge in [0.25, 0.3) is 0 Å². The fraction of sp³-hybridized carbons (Fsp3) is 0.200. The van der Waals surface area contributed by atoms with Gasteiger partial charge in [0.1, 0.15) is 16.6 Å². The van der Waals surface area contributed by atoms with Gasteiger partial charge in [-0.2, -0.15) is 0 Å². The molecule has 0 saturated carbocycles. The lowest BCUT2D eigenvalue weighted by Gasteiger charge is -2.19. The Bertz CT molecular complexity index is 766. The molecule has 3 rings (SSSR count). The number of halogens is 1. The summed E-state index contributed by atoms with van der Waals surface area (Å²) in [4.78, 5) is 6.09. The van der Waals surface area contributed by atoms with Gasteiger partial charge < -0.3 is 10.0 Å². The van der Waals surface area contributed by atoms with Crippen molar-refractivity contribution in [3.8, 4) is 0 Å². The van der Waals surface area contributed by atoms with E-state index in [9.17, 15) is 5.11 Å². The number of benzene rings is 1. The van der Waals surface area contributed by atoms with E-state index in [1.807, 2.05) is 37.4 Å². The van der Waals surface area contributed by atoms with E-state index in [2.05, 4.69) is 4.98 Å². The van der Waals surface area contributed by atoms with Crippen LogP contribution in [-0.2, 0) is 0 Å². The molecule has 0 radical (unpaired) electrons. The van der Waals surface area contributed by atoms with Crippen LogP contribution in [0.25, 0.3) is 5.57 Å². The van der Waals surface area contributed by atoms with Crippen LogP contribution in [-0.4, -0.2) is 22.5 Å². The molecular formula is C15H14ClN3OS. The van der Waals surface area contributed by atoms with E-state index in [1.54, 1.807) is 4.90 Å². The van der Waals surface area contributed by atoms with Crippen molar-refractivity contribution in [3.63, 3.8) is 0 Å². The zero-order chi connectivity index (χ0) is 15.1. The first-order valence-electron chi connectivity index (χ1n) is 6.44. The molecule has 0 aliphatic carbocycles. The number of hydrogen-bond acceptors (Lipinski definition) is 4. The third-order valence-corrected chi connectivity index (χ3v) is 4.79. The topological polar surface area (TPSA) is 60.2 Å². The maximum absolute atomic E-state index is 10.2. The maximum Gasteiger partial charge on any atom is 0.139 e. The first-order chi connectivity index (χ1) is 9.97. The molecule has 1 aliphatic rings. The molecule has 0 saturated heterocycles. The normalized spacial score (nSPS) is 15.2. The monoisotopic (exact) mass is 319 g/mol. The average Bonchev–Trinajstić information content (AvgIpc) is 2.97. The highest BCUT2D eigenvalue weighted by atomic mass is 35.5. The standard InChI is InChI=1S/C15H14ClN3OS/c1-8-3-4-10(5-11(8)16)19-6-12(20)13(14(19)17)15-18-9(2)7-21-15/h3-5,7,17,20H,6H2,1-2H3. The first kappa shape index (κ1) is 14.1. The number of aliphatic hydroxyl groups is 1. The van der Waals surface area contributed by atoms with Crippen molar-refractivity contribution in [2.24, 2.45) is 0 Å². The predicted octanol–water partition coefficient (Wildman–Crippen LogP) is 4.18. The van der Waals surface area contributed by atoms with Gasteiger partial charge in [0, 0.05) is 21.8 Å². The molecule has 1 aliphatic heterocycles. The summed E-state index contributed by atoms with van der Waals surface area (Å²) in [5.41, 5.74) is 3.18. The molecule has 0 atom stereocenters. The van der Waals surface area contributed by atoms with Gasteiger partial charge in [-0.15, -0.1) is 11.3 Å². The van der Waals surface area contributed by atoms with Crippen molar-refractivity contribution < 1.29 is 5.11 Å². The molecule has 1 aromatic carbocycles. The van der Waals surface area contributed by atoms with Crippen molar-refractivity contribution in [2.45, 2.75) is 13.8 Å². The number of nitrogens with zero attached hydrogens (tertiary/aromatic N) is 2. The Morgan fingerprint density at radius 1 is 1.38 bits per heavy atom. The maximum atomic E-state index is 10.2. The van der Waals surface area contributed by atoms with Crippen LogP contribution in [0.15, 0.2) is 29.3 Å². The minimum atomic E-state index is 0.172. The Hall–Kier alpha value is -1.85. The van der Waals surface area contributed by atoms with Crippen molar-refractivity contribution in [1.82, 2.24) is 4.98 Å². The van der Waals surface area contributed by atoms with Crippen LogP contribution in [0.4, 0.5) is 5.69 Å². The molecular weight excluding hydrogens is 306 g/mol. The first-order valence-corrected chi connectivity index (χ1v) is 7.70. The van der Waals surface area contributed by atoms with E-state index in [-0.39, 0.29) is 18.1 Å². The Labute approximate surface area is 131 Å². The van der Waals surface area contributed by atoms with E-state index >= 15 is 0 Å². The fourth-order valence-electron chi connectivity index (χ4n) is 2.24. The quantitative estimate of drug-likeness (QED) is 0.873. The van der Waals surface area contributed by atoms with Gasteiger partial charge in [0.05, 0.1) is 12.1 Å². The Kier molecular flexibility index (Phi) is 3.47. The van der Waals surface area contributed by atoms with E-state index in [0.29, 0.717) is 15.6 Å². The number of aryl methyl sites for hydroxylation is 2. The van der Waals surface area contributed by atoms with Crippen LogP contribution >= 0.6 is 22.9 Å².